The molecular weight excluding hydrogens is 364 g/mol. The lowest BCUT2D eigenvalue weighted by atomic mass is 9.77. The van der Waals surface area contributed by atoms with E-state index in [9.17, 15) is 5.11 Å². The maximum atomic E-state index is 11.1. The highest BCUT2D eigenvalue weighted by molar-refractivity contribution is 5.55. The maximum Gasteiger partial charge on any atom is 0.161 e. The van der Waals surface area contributed by atoms with Gasteiger partial charge in [-0.3, -0.25) is 0 Å². The smallest absolute Gasteiger partial charge is 0.161 e. The summed E-state index contributed by atoms with van der Waals surface area (Å²) in [6.45, 7) is 13.4. The molecule has 0 saturated carbocycles. The third-order valence-corrected chi connectivity index (χ3v) is 5.63. The first-order chi connectivity index (χ1) is 13.5. The first kappa shape index (κ1) is 21.5. The average molecular weight is 399 g/mol. The van der Waals surface area contributed by atoms with Gasteiger partial charge in [0.1, 0.15) is 11.9 Å². The minimum absolute atomic E-state index is 0.185. The number of hydrogen-bond acceptors (Lipinski definition) is 4. The molecule has 29 heavy (non-hydrogen) atoms. The standard InChI is InChI=1S/C25H34O4/c1-24(2,3)18-11-16(12-19(22(18)26)25(4,5)6)23-17-14-21(28-8)20(27-7)13-15(17)9-10-29-23/h11-14,23,26H,9-10H2,1-8H3. The summed E-state index contributed by atoms with van der Waals surface area (Å²) in [5.74, 6) is 1.83. The number of phenolic OH excluding ortho intramolecular Hbond substituents is 1. The number of aromatic hydroxyl groups is 1. The second-order valence-electron chi connectivity index (χ2n) is 9.87. The van der Waals surface area contributed by atoms with E-state index in [-0.39, 0.29) is 16.9 Å². The molecule has 1 N–H and O–H groups in total. The SMILES string of the molecule is COc1cc2c(cc1OC)C(c1cc(C(C)(C)C)c(O)c(C(C)(C)C)c1)OCC2. The van der Waals surface area contributed by atoms with E-state index in [2.05, 4.69) is 59.7 Å². The van der Waals surface area contributed by atoms with Gasteiger partial charge in [-0.2, -0.15) is 0 Å². The summed E-state index contributed by atoms with van der Waals surface area (Å²) in [5, 5.41) is 11.1. The van der Waals surface area contributed by atoms with Crippen molar-refractivity contribution in [2.45, 2.75) is 64.9 Å². The van der Waals surface area contributed by atoms with Crippen LogP contribution >= 0.6 is 0 Å². The Bertz CT molecular complexity index is 865. The third-order valence-electron chi connectivity index (χ3n) is 5.63. The molecule has 1 atom stereocenters. The van der Waals surface area contributed by atoms with E-state index >= 15 is 0 Å². The number of phenols is 1. The Labute approximate surface area is 174 Å². The van der Waals surface area contributed by atoms with E-state index in [1.807, 2.05) is 6.07 Å². The van der Waals surface area contributed by atoms with Crippen molar-refractivity contribution in [3.8, 4) is 17.2 Å². The molecule has 4 nitrogen and oxygen atoms in total. The molecule has 4 heteroatoms. The lowest BCUT2D eigenvalue weighted by Gasteiger charge is -2.32. The van der Waals surface area contributed by atoms with Crippen LogP contribution in [0.3, 0.4) is 0 Å². The molecule has 0 bridgehead atoms. The van der Waals surface area contributed by atoms with Gasteiger partial charge in [-0.1, -0.05) is 41.5 Å². The molecule has 1 unspecified atom stereocenters. The summed E-state index contributed by atoms with van der Waals surface area (Å²) < 4.78 is 17.3. The number of benzene rings is 2. The van der Waals surface area contributed by atoms with Crippen molar-refractivity contribution in [1.82, 2.24) is 0 Å². The molecule has 0 aliphatic carbocycles. The number of methoxy groups -OCH3 is 2. The Morgan fingerprint density at radius 2 is 1.38 bits per heavy atom. The van der Waals surface area contributed by atoms with Gasteiger partial charge in [-0.15, -0.1) is 0 Å². The molecule has 0 fully saturated rings. The Hall–Kier alpha value is -2.20. The highest BCUT2D eigenvalue weighted by Crippen LogP contribution is 2.45. The second-order valence-corrected chi connectivity index (χ2v) is 9.87. The fourth-order valence-corrected chi connectivity index (χ4v) is 4.00. The third kappa shape index (κ3) is 4.09. The van der Waals surface area contributed by atoms with Crippen molar-refractivity contribution in [3.63, 3.8) is 0 Å². The topological polar surface area (TPSA) is 47.9 Å². The zero-order valence-corrected chi connectivity index (χ0v) is 19.0. The van der Waals surface area contributed by atoms with Crippen molar-refractivity contribution in [2.75, 3.05) is 20.8 Å². The summed E-state index contributed by atoms with van der Waals surface area (Å²) >= 11 is 0. The van der Waals surface area contributed by atoms with Crippen LogP contribution in [0.15, 0.2) is 24.3 Å². The van der Waals surface area contributed by atoms with Gasteiger partial charge in [-0.05, 0) is 69.3 Å². The Balaban J connectivity index is 2.23. The summed E-state index contributed by atoms with van der Waals surface area (Å²) in [4.78, 5) is 0. The minimum Gasteiger partial charge on any atom is -0.507 e. The van der Waals surface area contributed by atoms with E-state index in [0.717, 1.165) is 34.4 Å². The van der Waals surface area contributed by atoms with Crippen LogP contribution in [0.2, 0.25) is 0 Å². The van der Waals surface area contributed by atoms with Crippen LogP contribution in [-0.4, -0.2) is 25.9 Å². The van der Waals surface area contributed by atoms with Crippen molar-refractivity contribution in [3.05, 3.63) is 52.1 Å². The first-order valence-corrected chi connectivity index (χ1v) is 10.2. The fourth-order valence-electron chi connectivity index (χ4n) is 4.00. The van der Waals surface area contributed by atoms with Gasteiger partial charge in [0, 0.05) is 0 Å². The molecule has 0 amide bonds. The Kier molecular flexibility index (Phi) is 5.61. The summed E-state index contributed by atoms with van der Waals surface area (Å²) in [5.41, 5.74) is 4.88. The predicted molar refractivity (Wildman–Crippen MR) is 117 cm³/mol. The molecule has 2 aromatic rings. The van der Waals surface area contributed by atoms with Gasteiger partial charge in [-0.25, -0.2) is 0 Å². The second kappa shape index (κ2) is 7.56. The Morgan fingerprint density at radius 1 is 0.862 bits per heavy atom. The first-order valence-electron chi connectivity index (χ1n) is 10.2. The zero-order valence-electron chi connectivity index (χ0n) is 19.0. The van der Waals surface area contributed by atoms with Crippen LogP contribution in [-0.2, 0) is 22.0 Å². The van der Waals surface area contributed by atoms with Crippen LogP contribution in [0.5, 0.6) is 17.2 Å². The highest BCUT2D eigenvalue weighted by atomic mass is 16.5. The molecule has 0 saturated heterocycles. The van der Waals surface area contributed by atoms with E-state index in [1.54, 1.807) is 14.2 Å². The normalized spacial score (nSPS) is 17.0. The van der Waals surface area contributed by atoms with Crippen LogP contribution in [0.4, 0.5) is 0 Å². The molecule has 2 aromatic carbocycles. The van der Waals surface area contributed by atoms with Gasteiger partial charge < -0.3 is 19.3 Å². The van der Waals surface area contributed by atoms with Gasteiger partial charge in [0.2, 0.25) is 0 Å². The van der Waals surface area contributed by atoms with Crippen LogP contribution < -0.4 is 9.47 Å². The van der Waals surface area contributed by atoms with Gasteiger partial charge in [0.25, 0.3) is 0 Å². The number of fused-ring (bicyclic) bond motifs is 1. The summed E-state index contributed by atoms with van der Waals surface area (Å²) in [6.07, 6.45) is 0.629. The Morgan fingerprint density at radius 3 is 1.86 bits per heavy atom. The largest absolute Gasteiger partial charge is 0.507 e. The van der Waals surface area contributed by atoms with Gasteiger partial charge >= 0.3 is 0 Å². The van der Waals surface area contributed by atoms with Crippen molar-refractivity contribution >= 4 is 0 Å². The molecule has 3 rings (SSSR count). The highest BCUT2D eigenvalue weighted by Gasteiger charge is 2.31. The number of rotatable bonds is 3. The molecule has 0 aromatic heterocycles. The van der Waals surface area contributed by atoms with Gasteiger partial charge in [0.15, 0.2) is 11.5 Å². The van der Waals surface area contributed by atoms with Gasteiger partial charge in [0.05, 0.1) is 20.8 Å². The molecule has 158 valence electrons. The quantitative estimate of drug-likeness (QED) is 0.724. The number of hydrogen-bond donors (Lipinski definition) is 1. The molecule has 1 heterocycles. The molecule has 0 spiro atoms. The van der Waals surface area contributed by atoms with E-state index < -0.39 is 0 Å². The lowest BCUT2D eigenvalue weighted by molar-refractivity contribution is 0.0692. The van der Waals surface area contributed by atoms with Crippen molar-refractivity contribution in [2.24, 2.45) is 0 Å². The lowest BCUT2D eigenvalue weighted by Crippen LogP contribution is -2.21. The number of ether oxygens (including phenoxy) is 3. The van der Waals surface area contributed by atoms with E-state index in [4.69, 9.17) is 14.2 Å². The predicted octanol–water partition coefficient (Wildman–Crippen LogP) is 5.67. The molecule has 1 aliphatic rings. The summed E-state index contributed by atoms with van der Waals surface area (Å²) in [7, 11) is 3.31. The van der Waals surface area contributed by atoms with Crippen LogP contribution in [0.1, 0.15) is 75.5 Å². The van der Waals surface area contributed by atoms with Crippen molar-refractivity contribution in [1.29, 1.82) is 0 Å². The monoisotopic (exact) mass is 398 g/mol. The molecule has 0 radical (unpaired) electrons. The van der Waals surface area contributed by atoms with Crippen molar-refractivity contribution < 1.29 is 19.3 Å². The maximum absolute atomic E-state index is 11.1. The summed E-state index contributed by atoms with van der Waals surface area (Å²) in [6, 6.07) is 8.28. The van der Waals surface area contributed by atoms with E-state index in [0.29, 0.717) is 18.1 Å². The molecule has 1 aliphatic heterocycles. The van der Waals surface area contributed by atoms with E-state index in [1.165, 1.54) is 5.56 Å². The average Bonchev–Trinajstić information content (AvgIpc) is 2.64. The van der Waals surface area contributed by atoms with Crippen LogP contribution in [0.25, 0.3) is 0 Å². The van der Waals surface area contributed by atoms with Crippen LogP contribution in [0, 0.1) is 0 Å². The molecular formula is C25H34O4. The fraction of sp³-hybridized carbons (Fsp3) is 0.520. The minimum atomic E-state index is -0.207. The zero-order chi connectivity index (χ0) is 21.6.